The normalized spacial score (nSPS) is 21.1. The number of esters is 1. The third-order valence-corrected chi connectivity index (χ3v) is 8.05. The van der Waals surface area contributed by atoms with Crippen LogP contribution in [-0.4, -0.2) is 38.6 Å². The first-order valence-corrected chi connectivity index (χ1v) is 13.0. The van der Waals surface area contributed by atoms with E-state index in [0.717, 1.165) is 40.6 Å². The van der Waals surface area contributed by atoms with E-state index in [9.17, 15) is 4.79 Å². The van der Waals surface area contributed by atoms with Crippen LogP contribution in [0.2, 0.25) is 0 Å². The average Bonchev–Trinajstić information content (AvgIpc) is 3.43. The first kappa shape index (κ1) is 23.9. The number of thiophene rings is 1. The Bertz CT molecular complexity index is 1310. The summed E-state index contributed by atoms with van der Waals surface area (Å²) in [6.45, 7) is 12.6. The number of carbonyl (C=O) groups is 1. The molecule has 2 N–H and O–H groups in total. The van der Waals surface area contributed by atoms with Gasteiger partial charge in [0.2, 0.25) is 0 Å². The summed E-state index contributed by atoms with van der Waals surface area (Å²) in [6.07, 6.45) is 1.26. The zero-order chi connectivity index (χ0) is 25.1. The molecule has 5 rings (SSSR count). The standard InChI is InChI=1S/C27H33N5O2S/c1-14-15(2)35-26-23(14)24(18-9-7-17(8-10-18)20-11-19(20)13-28)29-21(12-22(33)34-27(4,5)6)25-31-30-16(3)32(25)26/h7-10,19-21H,11-13,28H2,1-6H3/t19?,20?,21-/m0/s1. The van der Waals surface area contributed by atoms with E-state index in [1.807, 2.05) is 27.7 Å². The zero-order valence-electron chi connectivity index (χ0n) is 21.3. The van der Waals surface area contributed by atoms with E-state index in [0.29, 0.717) is 17.7 Å². The van der Waals surface area contributed by atoms with Gasteiger partial charge in [-0.15, -0.1) is 21.5 Å². The highest BCUT2D eigenvalue weighted by Gasteiger charge is 2.37. The van der Waals surface area contributed by atoms with Crippen LogP contribution in [-0.2, 0) is 9.53 Å². The van der Waals surface area contributed by atoms with Gasteiger partial charge >= 0.3 is 5.97 Å². The fraction of sp³-hybridized carbons (Fsp3) is 0.481. The highest BCUT2D eigenvalue weighted by Crippen LogP contribution is 2.47. The maximum absolute atomic E-state index is 12.9. The van der Waals surface area contributed by atoms with Gasteiger partial charge in [-0.25, -0.2) is 0 Å². The number of rotatable bonds is 5. The Hall–Kier alpha value is -2.84. The number of aryl methyl sites for hydroxylation is 2. The van der Waals surface area contributed by atoms with Crippen LogP contribution in [0, 0.1) is 26.7 Å². The molecule has 0 saturated heterocycles. The number of nitrogens with zero attached hydrogens (tertiary/aromatic N) is 4. The third kappa shape index (κ3) is 4.45. The van der Waals surface area contributed by atoms with Crippen LogP contribution in [0.15, 0.2) is 29.3 Å². The predicted octanol–water partition coefficient (Wildman–Crippen LogP) is 4.94. The molecule has 0 bridgehead atoms. The summed E-state index contributed by atoms with van der Waals surface area (Å²) in [7, 11) is 0. The molecule has 3 aromatic rings. The highest BCUT2D eigenvalue weighted by atomic mass is 32.1. The van der Waals surface area contributed by atoms with Crippen molar-refractivity contribution in [1.82, 2.24) is 14.8 Å². The lowest BCUT2D eigenvalue weighted by molar-refractivity contribution is -0.155. The number of hydrogen-bond donors (Lipinski definition) is 1. The minimum Gasteiger partial charge on any atom is -0.460 e. The molecule has 1 aliphatic heterocycles. The van der Waals surface area contributed by atoms with E-state index in [1.54, 1.807) is 11.3 Å². The highest BCUT2D eigenvalue weighted by molar-refractivity contribution is 7.15. The second-order valence-electron chi connectivity index (χ2n) is 10.6. The van der Waals surface area contributed by atoms with Gasteiger partial charge in [0.25, 0.3) is 0 Å². The van der Waals surface area contributed by atoms with Crippen LogP contribution < -0.4 is 5.73 Å². The van der Waals surface area contributed by atoms with Gasteiger partial charge in [0, 0.05) is 16.0 Å². The van der Waals surface area contributed by atoms with Crippen molar-refractivity contribution in [2.45, 2.75) is 71.9 Å². The molecule has 0 radical (unpaired) electrons. The van der Waals surface area contributed by atoms with E-state index < -0.39 is 11.6 Å². The van der Waals surface area contributed by atoms with Crippen LogP contribution in [0.5, 0.6) is 0 Å². The Labute approximate surface area is 210 Å². The fourth-order valence-electron chi connectivity index (χ4n) is 4.87. The van der Waals surface area contributed by atoms with Crippen molar-refractivity contribution in [2.75, 3.05) is 6.54 Å². The molecule has 7 nitrogen and oxygen atoms in total. The molecule has 0 amide bonds. The summed E-state index contributed by atoms with van der Waals surface area (Å²) < 4.78 is 7.71. The monoisotopic (exact) mass is 491 g/mol. The number of benzene rings is 1. The van der Waals surface area contributed by atoms with Crippen molar-refractivity contribution in [2.24, 2.45) is 16.6 Å². The number of carbonyl (C=O) groups excluding carboxylic acids is 1. The second kappa shape index (κ2) is 8.68. The quantitative estimate of drug-likeness (QED) is 0.510. The van der Waals surface area contributed by atoms with E-state index in [1.165, 1.54) is 16.0 Å². The number of fused-ring (bicyclic) bond motifs is 3. The smallest absolute Gasteiger partial charge is 0.308 e. The molecule has 2 aromatic heterocycles. The number of ether oxygens (including phenoxy) is 1. The first-order chi connectivity index (χ1) is 16.6. The Morgan fingerprint density at radius 1 is 1.17 bits per heavy atom. The second-order valence-corrected chi connectivity index (χ2v) is 11.9. The molecule has 1 fully saturated rings. The number of nitrogens with two attached hydrogens (primary N) is 1. The molecule has 8 heteroatoms. The molecule has 0 spiro atoms. The summed E-state index contributed by atoms with van der Waals surface area (Å²) >= 11 is 1.71. The van der Waals surface area contributed by atoms with Crippen LogP contribution in [0.3, 0.4) is 0 Å². The third-order valence-electron chi connectivity index (χ3n) is 6.86. The SMILES string of the molecule is Cc1sc2c(c1C)C(c1ccc(C3CC3CN)cc1)=N[C@@H](CC(=O)OC(C)(C)C)c1nnc(C)n1-2. The zero-order valence-corrected chi connectivity index (χ0v) is 22.1. The van der Waals surface area contributed by atoms with Crippen molar-refractivity contribution in [3.8, 4) is 5.00 Å². The lowest BCUT2D eigenvalue weighted by Crippen LogP contribution is -2.25. The van der Waals surface area contributed by atoms with E-state index in [4.69, 9.17) is 15.5 Å². The molecule has 1 saturated carbocycles. The van der Waals surface area contributed by atoms with E-state index in [2.05, 4.69) is 52.9 Å². The minimum atomic E-state index is -0.565. The number of aliphatic imine (C=N–C) groups is 1. The lowest BCUT2D eigenvalue weighted by atomic mass is 9.97. The van der Waals surface area contributed by atoms with Gasteiger partial charge in [-0.05, 0) is 77.5 Å². The van der Waals surface area contributed by atoms with E-state index >= 15 is 0 Å². The van der Waals surface area contributed by atoms with Gasteiger partial charge in [0.15, 0.2) is 5.82 Å². The molecule has 1 aromatic carbocycles. The van der Waals surface area contributed by atoms with Gasteiger partial charge in [0.05, 0.1) is 12.1 Å². The summed E-state index contributed by atoms with van der Waals surface area (Å²) in [6, 6.07) is 8.21. The van der Waals surface area contributed by atoms with Gasteiger partial charge in [-0.1, -0.05) is 24.3 Å². The largest absolute Gasteiger partial charge is 0.460 e. The van der Waals surface area contributed by atoms with Crippen LogP contribution in [0.1, 0.15) is 84.4 Å². The molecule has 3 atom stereocenters. The molecule has 2 unspecified atom stereocenters. The molecular weight excluding hydrogens is 458 g/mol. The van der Waals surface area contributed by atoms with Crippen molar-refractivity contribution in [3.05, 3.63) is 63.0 Å². The van der Waals surface area contributed by atoms with Crippen molar-refractivity contribution >= 4 is 23.0 Å². The molecule has 184 valence electrons. The van der Waals surface area contributed by atoms with Crippen molar-refractivity contribution in [1.29, 1.82) is 0 Å². The lowest BCUT2D eigenvalue weighted by Gasteiger charge is -2.21. The van der Waals surface area contributed by atoms with Gasteiger partial charge in [-0.2, -0.15) is 0 Å². The molecule has 35 heavy (non-hydrogen) atoms. The van der Waals surface area contributed by atoms with Crippen molar-refractivity contribution < 1.29 is 9.53 Å². The summed E-state index contributed by atoms with van der Waals surface area (Å²) in [5.74, 6) is 2.31. The maximum Gasteiger partial charge on any atom is 0.308 e. The van der Waals surface area contributed by atoms with Crippen LogP contribution in [0.4, 0.5) is 0 Å². The molecule has 2 aliphatic rings. The topological polar surface area (TPSA) is 95.4 Å². The minimum absolute atomic E-state index is 0.101. The van der Waals surface area contributed by atoms with Crippen LogP contribution in [0.25, 0.3) is 5.00 Å². The van der Waals surface area contributed by atoms with Crippen LogP contribution >= 0.6 is 11.3 Å². The fourth-order valence-corrected chi connectivity index (χ4v) is 6.08. The van der Waals surface area contributed by atoms with Crippen molar-refractivity contribution in [3.63, 3.8) is 0 Å². The molecular formula is C27H33N5O2S. The number of hydrogen-bond acceptors (Lipinski definition) is 7. The maximum atomic E-state index is 12.9. The Kier molecular flexibility index (Phi) is 5.92. The Balaban J connectivity index is 1.61. The predicted molar refractivity (Wildman–Crippen MR) is 139 cm³/mol. The average molecular weight is 492 g/mol. The summed E-state index contributed by atoms with van der Waals surface area (Å²) in [4.78, 5) is 19.3. The summed E-state index contributed by atoms with van der Waals surface area (Å²) in [5.41, 5.74) is 10.8. The molecule has 1 aliphatic carbocycles. The molecule has 3 heterocycles. The van der Waals surface area contributed by atoms with Gasteiger partial charge in [-0.3, -0.25) is 14.4 Å². The van der Waals surface area contributed by atoms with Gasteiger partial charge in [0.1, 0.15) is 22.5 Å². The summed E-state index contributed by atoms with van der Waals surface area (Å²) in [5, 5.41) is 9.87. The first-order valence-electron chi connectivity index (χ1n) is 12.2. The van der Waals surface area contributed by atoms with Gasteiger partial charge < -0.3 is 10.5 Å². The Morgan fingerprint density at radius 3 is 2.51 bits per heavy atom. The number of aromatic nitrogens is 3. The Morgan fingerprint density at radius 2 is 1.89 bits per heavy atom. The van der Waals surface area contributed by atoms with E-state index in [-0.39, 0.29) is 12.4 Å².